The molecule has 1 saturated heterocycles. The molecule has 0 aromatic heterocycles. The van der Waals surface area contributed by atoms with Gasteiger partial charge >= 0.3 is 0 Å². The highest BCUT2D eigenvalue weighted by Gasteiger charge is 2.38. The molecule has 2 fully saturated rings. The Morgan fingerprint density at radius 2 is 2.00 bits per heavy atom. The topological polar surface area (TPSA) is 49.5 Å². The van der Waals surface area contributed by atoms with Gasteiger partial charge in [-0.2, -0.15) is 0 Å². The van der Waals surface area contributed by atoms with Crippen LogP contribution in [-0.4, -0.2) is 41.8 Å². The molecule has 0 amide bonds. The average molecular weight is 226 g/mol. The van der Waals surface area contributed by atoms with Crippen LogP contribution < -0.4 is 5.73 Å². The summed E-state index contributed by atoms with van der Waals surface area (Å²) in [4.78, 5) is 2.56. The van der Waals surface area contributed by atoms with Gasteiger partial charge in [-0.3, -0.25) is 4.90 Å². The first-order chi connectivity index (χ1) is 7.77. The summed E-state index contributed by atoms with van der Waals surface area (Å²) >= 11 is 0. The number of hydrogen-bond donors (Lipinski definition) is 2. The molecule has 2 rings (SSSR count). The monoisotopic (exact) mass is 226 g/mol. The van der Waals surface area contributed by atoms with Crippen LogP contribution in [0.3, 0.4) is 0 Å². The van der Waals surface area contributed by atoms with Crippen LogP contribution in [-0.2, 0) is 0 Å². The summed E-state index contributed by atoms with van der Waals surface area (Å²) in [7, 11) is 0. The molecular formula is C13H26N2O. The van der Waals surface area contributed by atoms with E-state index in [1.54, 1.807) is 0 Å². The maximum atomic E-state index is 9.52. The Bertz CT molecular complexity index is 220. The lowest BCUT2D eigenvalue weighted by molar-refractivity contribution is 0.0558. The maximum Gasteiger partial charge on any atom is 0.0589 e. The molecule has 0 aromatic carbocycles. The van der Waals surface area contributed by atoms with Crippen molar-refractivity contribution in [3.63, 3.8) is 0 Å². The summed E-state index contributed by atoms with van der Waals surface area (Å²) in [5, 5.41) is 9.52. The molecule has 0 radical (unpaired) electrons. The van der Waals surface area contributed by atoms with Gasteiger partial charge in [-0.05, 0) is 44.2 Å². The summed E-state index contributed by atoms with van der Waals surface area (Å²) in [5.41, 5.74) is 5.89. The molecule has 1 saturated carbocycles. The molecule has 4 atom stereocenters. The molecule has 3 nitrogen and oxygen atoms in total. The molecule has 16 heavy (non-hydrogen) atoms. The minimum atomic E-state index is 0.314. The molecule has 0 spiro atoms. The van der Waals surface area contributed by atoms with Crippen LogP contribution in [0.1, 0.15) is 39.0 Å². The molecular weight excluding hydrogens is 200 g/mol. The Morgan fingerprint density at radius 1 is 1.25 bits per heavy atom. The van der Waals surface area contributed by atoms with E-state index in [0.717, 1.165) is 13.1 Å². The number of aliphatic hydroxyl groups excluding tert-OH is 1. The highest BCUT2D eigenvalue weighted by molar-refractivity contribution is 4.93. The number of nitrogens with two attached hydrogens (primary N) is 1. The van der Waals surface area contributed by atoms with Gasteiger partial charge in [0.05, 0.1) is 6.61 Å². The molecule has 94 valence electrons. The van der Waals surface area contributed by atoms with E-state index in [9.17, 15) is 5.11 Å². The fourth-order valence-electron chi connectivity index (χ4n) is 3.63. The number of hydrogen-bond acceptors (Lipinski definition) is 3. The molecule has 3 heteroatoms. The zero-order valence-electron chi connectivity index (χ0n) is 10.4. The third kappa shape index (κ3) is 2.27. The third-order valence-corrected chi connectivity index (χ3v) is 4.71. The zero-order valence-corrected chi connectivity index (χ0v) is 10.4. The van der Waals surface area contributed by atoms with Gasteiger partial charge in [-0.15, -0.1) is 0 Å². The van der Waals surface area contributed by atoms with Gasteiger partial charge in [0.1, 0.15) is 0 Å². The first-order valence-corrected chi connectivity index (χ1v) is 6.84. The van der Waals surface area contributed by atoms with Crippen LogP contribution in [0.2, 0.25) is 0 Å². The maximum absolute atomic E-state index is 9.52. The van der Waals surface area contributed by atoms with Crippen molar-refractivity contribution in [1.82, 2.24) is 4.90 Å². The molecule has 0 aromatic rings. The van der Waals surface area contributed by atoms with Crippen molar-refractivity contribution in [3.8, 4) is 0 Å². The summed E-state index contributed by atoms with van der Waals surface area (Å²) in [6.07, 6.45) is 6.48. The number of rotatable bonds is 3. The van der Waals surface area contributed by atoms with Crippen LogP contribution >= 0.6 is 0 Å². The first kappa shape index (κ1) is 12.3. The van der Waals surface area contributed by atoms with E-state index in [1.165, 1.54) is 32.1 Å². The highest BCUT2D eigenvalue weighted by Crippen LogP contribution is 2.34. The van der Waals surface area contributed by atoms with E-state index in [1.807, 2.05) is 0 Å². The summed E-state index contributed by atoms with van der Waals surface area (Å²) in [5.74, 6) is 1.30. The van der Waals surface area contributed by atoms with Crippen LogP contribution in [0.25, 0.3) is 0 Å². The van der Waals surface area contributed by atoms with Gasteiger partial charge in [-0.25, -0.2) is 0 Å². The second-order valence-corrected chi connectivity index (χ2v) is 5.60. The summed E-state index contributed by atoms with van der Waals surface area (Å²) < 4.78 is 0. The van der Waals surface area contributed by atoms with Crippen molar-refractivity contribution in [2.24, 2.45) is 17.6 Å². The van der Waals surface area contributed by atoms with E-state index in [0.29, 0.717) is 30.5 Å². The fraction of sp³-hybridized carbons (Fsp3) is 1.00. The van der Waals surface area contributed by atoms with Crippen molar-refractivity contribution < 1.29 is 5.11 Å². The van der Waals surface area contributed by atoms with Gasteiger partial charge in [0, 0.05) is 12.1 Å². The van der Waals surface area contributed by atoms with Crippen molar-refractivity contribution in [1.29, 1.82) is 0 Å². The Kier molecular flexibility index (Phi) is 4.22. The molecule has 0 bridgehead atoms. The van der Waals surface area contributed by atoms with Gasteiger partial charge in [0.25, 0.3) is 0 Å². The lowest BCUT2D eigenvalue weighted by Crippen LogP contribution is -2.49. The predicted molar refractivity (Wildman–Crippen MR) is 66.2 cm³/mol. The Morgan fingerprint density at radius 3 is 2.69 bits per heavy atom. The molecule has 4 unspecified atom stereocenters. The van der Waals surface area contributed by atoms with Crippen molar-refractivity contribution in [2.75, 3.05) is 19.7 Å². The van der Waals surface area contributed by atoms with E-state index in [4.69, 9.17) is 5.73 Å². The summed E-state index contributed by atoms with van der Waals surface area (Å²) in [6, 6.07) is 1.03. The minimum Gasteiger partial charge on any atom is -0.395 e. The largest absolute Gasteiger partial charge is 0.395 e. The van der Waals surface area contributed by atoms with Gasteiger partial charge < -0.3 is 10.8 Å². The normalized spacial score (nSPS) is 41.4. The van der Waals surface area contributed by atoms with Gasteiger partial charge in [0.2, 0.25) is 0 Å². The minimum absolute atomic E-state index is 0.314. The van der Waals surface area contributed by atoms with Crippen LogP contribution in [0.4, 0.5) is 0 Å². The number of likely N-dealkylation sites (tertiary alicyclic amines) is 1. The first-order valence-electron chi connectivity index (χ1n) is 6.84. The summed E-state index contributed by atoms with van der Waals surface area (Å²) in [6.45, 7) is 4.55. The zero-order chi connectivity index (χ0) is 11.5. The fourth-order valence-corrected chi connectivity index (χ4v) is 3.63. The smallest absolute Gasteiger partial charge is 0.0589 e. The van der Waals surface area contributed by atoms with E-state index in [2.05, 4.69) is 11.8 Å². The Hall–Kier alpha value is -0.120. The van der Waals surface area contributed by atoms with E-state index < -0.39 is 0 Å². The molecule has 1 aliphatic heterocycles. The second-order valence-electron chi connectivity index (χ2n) is 5.60. The molecule has 1 heterocycles. The van der Waals surface area contributed by atoms with Crippen molar-refractivity contribution in [3.05, 3.63) is 0 Å². The van der Waals surface area contributed by atoms with Crippen molar-refractivity contribution >= 4 is 0 Å². The SMILES string of the molecule is CC1CCN(C2CCCCC2CN)C1CO. The van der Waals surface area contributed by atoms with Crippen LogP contribution in [0, 0.1) is 11.8 Å². The number of aliphatic hydroxyl groups is 1. The third-order valence-electron chi connectivity index (χ3n) is 4.71. The quantitative estimate of drug-likeness (QED) is 0.760. The number of nitrogens with zero attached hydrogens (tertiary/aromatic N) is 1. The standard InChI is InChI=1S/C13H26N2O/c1-10-6-7-15(13(10)9-16)12-5-3-2-4-11(12)8-14/h10-13,16H,2-9,14H2,1H3. The lowest BCUT2D eigenvalue weighted by atomic mass is 9.83. The Balaban J connectivity index is 2.04. The van der Waals surface area contributed by atoms with E-state index >= 15 is 0 Å². The van der Waals surface area contributed by atoms with Crippen LogP contribution in [0.5, 0.6) is 0 Å². The lowest BCUT2D eigenvalue weighted by Gasteiger charge is -2.40. The molecule has 1 aliphatic carbocycles. The average Bonchev–Trinajstić information content (AvgIpc) is 2.70. The molecule has 3 N–H and O–H groups in total. The van der Waals surface area contributed by atoms with Crippen molar-refractivity contribution in [2.45, 2.75) is 51.1 Å². The van der Waals surface area contributed by atoms with E-state index in [-0.39, 0.29) is 0 Å². The second kappa shape index (κ2) is 5.48. The van der Waals surface area contributed by atoms with Crippen LogP contribution in [0.15, 0.2) is 0 Å². The predicted octanol–water partition coefficient (Wildman–Crippen LogP) is 1.21. The van der Waals surface area contributed by atoms with Gasteiger partial charge in [-0.1, -0.05) is 19.8 Å². The molecule has 2 aliphatic rings. The Labute approximate surface area is 99.0 Å². The van der Waals surface area contributed by atoms with Gasteiger partial charge in [0.15, 0.2) is 0 Å². The highest BCUT2D eigenvalue weighted by atomic mass is 16.3.